The van der Waals surface area contributed by atoms with Gasteiger partial charge >= 0.3 is 0 Å². The van der Waals surface area contributed by atoms with E-state index in [2.05, 4.69) is 12.1 Å². The first-order chi connectivity index (χ1) is 10.1. The highest BCUT2D eigenvalue weighted by molar-refractivity contribution is 7.87. The molecule has 0 saturated carbocycles. The summed E-state index contributed by atoms with van der Waals surface area (Å²) in [5, 5.41) is 0. The van der Waals surface area contributed by atoms with Crippen LogP contribution in [-0.4, -0.2) is 10.8 Å². The normalized spacial score (nSPS) is 13.8. The van der Waals surface area contributed by atoms with Gasteiger partial charge in [-0.3, -0.25) is 4.18 Å². The summed E-state index contributed by atoms with van der Waals surface area (Å²) in [6.07, 6.45) is 2.75. The summed E-state index contributed by atoms with van der Waals surface area (Å²) < 4.78 is 25.3. The Labute approximate surface area is 127 Å². The third-order valence-electron chi connectivity index (χ3n) is 3.28. The fourth-order valence-corrected chi connectivity index (χ4v) is 3.02. The number of hydrogen-bond donors (Lipinski definition) is 1. The minimum absolute atomic E-state index is 0.350. The van der Waals surface area contributed by atoms with Gasteiger partial charge in [-0.2, -0.15) is 0 Å². The maximum atomic E-state index is 12.2. The molecular weight excluding hydrogens is 282 g/mol. The zero-order chi connectivity index (χ0) is 15.1. The van der Waals surface area contributed by atoms with Crippen molar-refractivity contribution in [3.8, 4) is 0 Å². The quantitative estimate of drug-likeness (QED) is 0.773. The fraction of sp³-hybridized carbons (Fsp3) is 0.294. The minimum atomic E-state index is -3.12. The Bertz CT molecular complexity index is 649. The molecule has 3 nitrogen and oxygen atoms in total. The van der Waals surface area contributed by atoms with Gasteiger partial charge in [-0.15, -0.1) is 0 Å². The smallest absolute Gasteiger partial charge is 0.190 e. The molecule has 2 rings (SSSR count). The molecule has 1 N–H and O–H groups in total. The van der Waals surface area contributed by atoms with Crippen LogP contribution in [0.5, 0.6) is 0 Å². The third-order valence-corrected chi connectivity index (χ3v) is 4.67. The number of nitrogens with one attached hydrogen (secondary N) is 1. The van der Waals surface area contributed by atoms with E-state index in [1.807, 2.05) is 37.3 Å². The molecule has 1 unspecified atom stereocenters. The molecule has 0 bridgehead atoms. The molecule has 1 atom stereocenters. The number of benzene rings is 2. The van der Waals surface area contributed by atoms with Crippen LogP contribution < -0.4 is 0 Å². The zero-order valence-electron chi connectivity index (χ0n) is 12.2. The van der Waals surface area contributed by atoms with E-state index in [1.54, 1.807) is 12.1 Å². The molecule has 2 aromatic carbocycles. The Balaban J connectivity index is 1.76. The van der Waals surface area contributed by atoms with Gasteiger partial charge in [0.25, 0.3) is 0 Å². The van der Waals surface area contributed by atoms with Crippen molar-refractivity contribution in [2.24, 2.45) is 0 Å². The van der Waals surface area contributed by atoms with Crippen molar-refractivity contribution in [1.82, 2.24) is 0 Å². The predicted molar refractivity (Wildman–Crippen MR) is 85.6 cm³/mol. The van der Waals surface area contributed by atoms with E-state index in [-0.39, 0.29) is 0 Å². The van der Waals surface area contributed by atoms with Crippen LogP contribution in [0.25, 0.3) is 0 Å². The van der Waals surface area contributed by atoms with Crippen molar-refractivity contribution in [3.05, 3.63) is 65.7 Å². The Morgan fingerprint density at radius 3 is 2.33 bits per heavy atom. The molecule has 2 aromatic rings. The largest absolute Gasteiger partial charge is 0.281 e. The van der Waals surface area contributed by atoms with Crippen molar-refractivity contribution in [3.63, 3.8) is 0 Å². The van der Waals surface area contributed by atoms with Gasteiger partial charge in [-0.25, -0.2) is 8.99 Å². The highest BCUT2D eigenvalue weighted by Gasteiger charge is 2.09. The Morgan fingerprint density at radius 2 is 1.67 bits per heavy atom. The predicted octanol–water partition coefficient (Wildman–Crippen LogP) is 4.36. The molecule has 0 saturated heterocycles. The lowest BCUT2D eigenvalue weighted by Gasteiger charge is -2.09. The van der Waals surface area contributed by atoms with Gasteiger partial charge in [0.1, 0.15) is 0 Å². The van der Waals surface area contributed by atoms with Gasteiger partial charge in [0.15, 0.2) is 10.0 Å². The molecule has 0 heterocycles. The average molecular weight is 303 g/mol. The highest BCUT2D eigenvalue weighted by Crippen LogP contribution is 2.15. The lowest BCUT2D eigenvalue weighted by molar-refractivity contribution is 0.327. The lowest BCUT2D eigenvalue weighted by Crippen LogP contribution is -2.06. The molecular formula is C17H21NO2S. The topological polar surface area (TPSA) is 50.2 Å². The van der Waals surface area contributed by atoms with E-state index < -0.39 is 10.0 Å². The van der Waals surface area contributed by atoms with Crippen molar-refractivity contribution in [2.75, 3.05) is 6.61 Å². The lowest BCUT2D eigenvalue weighted by atomic mass is 10.1. The van der Waals surface area contributed by atoms with E-state index in [1.165, 1.54) is 5.56 Å². The van der Waals surface area contributed by atoms with Gasteiger partial charge in [0.2, 0.25) is 0 Å². The first-order valence-corrected chi connectivity index (χ1v) is 8.60. The SMILES string of the molecule is Cc1ccc(S(=N)(=O)OCCCCc2ccccc2)cc1. The molecule has 0 aliphatic heterocycles. The Hall–Kier alpha value is -1.65. The van der Waals surface area contributed by atoms with E-state index in [4.69, 9.17) is 8.96 Å². The second-order valence-corrected chi connectivity index (χ2v) is 6.80. The van der Waals surface area contributed by atoms with E-state index in [9.17, 15) is 4.21 Å². The maximum Gasteiger partial charge on any atom is 0.190 e. The second kappa shape index (κ2) is 7.38. The summed E-state index contributed by atoms with van der Waals surface area (Å²) >= 11 is 0. The van der Waals surface area contributed by atoms with Crippen LogP contribution >= 0.6 is 0 Å². The van der Waals surface area contributed by atoms with Crippen molar-refractivity contribution >= 4 is 10.0 Å². The molecule has 0 amide bonds. The number of hydrogen-bond acceptors (Lipinski definition) is 3. The molecule has 0 aromatic heterocycles. The van der Waals surface area contributed by atoms with Crippen LogP contribution in [0.15, 0.2) is 59.5 Å². The van der Waals surface area contributed by atoms with Crippen molar-refractivity contribution < 1.29 is 8.39 Å². The number of rotatable bonds is 7. The zero-order valence-corrected chi connectivity index (χ0v) is 13.1. The van der Waals surface area contributed by atoms with E-state index >= 15 is 0 Å². The van der Waals surface area contributed by atoms with Crippen LogP contribution in [0, 0.1) is 11.7 Å². The molecule has 112 valence electrons. The van der Waals surface area contributed by atoms with Crippen molar-refractivity contribution in [2.45, 2.75) is 31.1 Å². The molecule has 0 fully saturated rings. The highest BCUT2D eigenvalue weighted by atomic mass is 32.2. The van der Waals surface area contributed by atoms with E-state index in [0.29, 0.717) is 11.5 Å². The molecule has 0 spiro atoms. The molecule has 21 heavy (non-hydrogen) atoms. The average Bonchev–Trinajstić information content (AvgIpc) is 2.48. The number of aryl methyl sites for hydroxylation is 2. The van der Waals surface area contributed by atoms with Gasteiger partial charge in [-0.05, 0) is 43.9 Å². The van der Waals surface area contributed by atoms with Crippen LogP contribution in [0.2, 0.25) is 0 Å². The second-order valence-electron chi connectivity index (χ2n) is 5.08. The minimum Gasteiger partial charge on any atom is -0.281 e. The third kappa shape index (κ3) is 4.99. The number of unbranched alkanes of at least 4 members (excludes halogenated alkanes) is 1. The maximum absolute atomic E-state index is 12.2. The first kappa shape index (κ1) is 15.7. The molecule has 4 heteroatoms. The summed E-state index contributed by atoms with van der Waals surface area (Å²) in [6, 6.07) is 17.4. The Morgan fingerprint density at radius 1 is 1.00 bits per heavy atom. The van der Waals surface area contributed by atoms with Gasteiger partial charge in [0, 0.05) is 0 Å². The molecule has 0 aliphatic rings. The summed E-state index contributed by atoms with van der Waals surface area (Å²) in [6.45, 7) is 2.31. The van der Waals surface area contributed by atoms with Crippen LogP contribution in [0.1, 0.15) is 24.0 Å². The van der Waals surface area contributed by atoms with Crippen LogP contribution in [-0.2, 0) is 20.6 Å². The first-order valence-electron chi connectivity index (χ1n) is 7.12. The summed E-state index contributed by atoms with van der Waals surface area (Å²) in [4.78, 5) is 0.441. The van der Waals surface area contributed by atoms with Crippen LogP contribution in [0.4, 0.5) is 0 Å². The van der Waals surface area contributed by atoms with Gasteiger partial charge in [-0.1, -0.05) is 48.0 Å². The fourth-order valence-electron chi connectivity index (χ4n) is 2.04. The van der Waals surface area contributed by atoms with Crippen molar-refractivity contribution in [1.29, 1.82) is 4.78 Å². The van der Waals surface area contributed by atoms with Crippen LogP contribution in [0.3, 0.4) is 0 Å². The van der Waals surface area contributed by atoms with Gasteiger partial charge in [0.05, 0.1) is 11.5 Å². The Kier molecular flexibility index (Phi) is 5.53. The summed E-state index contributed by atoms with van der Waals surface area (Å²) in [5.74, 6) is 0. The summed E-state index contributed by atoms with van der Waals surface area (Å²) in [5.41, 5.74) is 2.37. The standard InChI is InChI=1S/C17H21NO2S/c1-15-10-12-17(13-11-15)21(18,19)20-14-6-5-9-16-7-3-2-4-8-16/h2-4,7-8,10-13,18H,5-6,9,14H2,1H3. The monoisotopic (exact) mass is 303 g/mol. The van der Waals surface area contributed by atoms with E-state index in [0.717, 1.165) is 24.8 Å². The molecule has 0 aliphatic carbocycles. The van der Waals surface area contributed by atoms with Gasteiger partial charge < -0.3 is 0 Å². The molecule has 0 radical (unpaired) electrons. The summed E-state index contributed by atoms with van der Waals surface area (Å²) in [7, 11) is -3.12.